The predicted octanol–water partition coefficient (Wildman–Crippen LogP) is 2.36. The summed E-state index contributed by atoms with van der Waals surface area (Å²) in [5.74, 6) is 0.856. The van der Waals surface area contributed by atoms with Crippen molar-refractivity contribution in [3.63, 3.8) is 0 Å². The Balaban J connectivity index is 1.42. The van der Waals surface area contributed by atoms with E-state index >= 15 is 0 Å². The van der Waals surface area contributed by atoms with Crippen LogP contribution in [0.4, 0.5) is 4.79 Å². The summed E-state index contributed by atoms with van der Waals surface area (Å²) in [5, 5.41) is 6.35. The Kier molecular flexibility index (Phi) is 5.02. The second kappa shape index (κ2) is 7.37. The molecule has 0 unspecified atom stereocenters. The number of amides is 2. The van der Waals surface area contributed by atoms with Crippen molar-refractivity contribution in [2.24, 2.45) is 0 Å². The average Bonchev–Trinajstić information content (AvgIpc) is 3.20. The van der Waals surface area contributed by atoms with Gasteiger partial charge in [0.25, 0.3) is 0 Å². The van der Waals surface area contributed by atoms with Crippen molar-refractivity contribution in [3.8, 4) is 5.75 Å². The number of carbonyl (C=O) groups is 1. The molecule has 122 valence electrons. The summed E-state index contributed by atoms with van der Waals surface area (Å²) in [6.45, 7) is 2.50. The lowest BCUT2D eigenvalue weighted by Crippen LogP contribution is -2.35. The fraction of sp³-hybridized carbons (Fsp3) is 0.375. The van der Waals surface area contributed by atoms with E-state index in [1.165, 1.54) is 0 Å². The van der Waals surface area contributed by atoms with Gasteiger partial charge in [-0.3, -0.25) is 0 Å². The molecule has 0 radical (unpaired) electrons. The molecule has 0 aliphatic carbocycles. The first-order valence-electron chi connectivity index (χ1n) is 7.64. The fourth-order valence-corrected chi connectivity index (χ4v) is 2.86. The molecule has 23 heavy (non-hydrogen) atoms. The molecule has 1 aromatic heterocycles. The minimum absolute atomic E-state index is 0.192. The number of rotatable bonds is 6. The zero-order valence-electron chi connectivity index (χ0n) is 12.7. The normalized spacial score (nSPS) is 12.6. The van der Waals surface area contributed by atoms with Crippen molar-refractivity contribution in [2.75, 3.05) is 13.2 Å². The number of carbonyl (C=O) groups excluding carboxylic acids is 1. The Labute approximate surface area is 139 Å². The molecule has 0 saturated heterocycles. The lowest BCUT2D eigenvalue weighted by Gasteiger charge is -2.11. The van der Waals surface area contributed by atoms with Crippen LogP contribution in [-0.2, 0) is 19.5 Å². The minimum atomic E-state index is -0.192. The minimum Gasteiger partial charge on any atom is -0.493 e. The van der Waals surface area contributed by atoms with Gasteiger partial charge in [-0.05, 0) is 24.1 Å². The lowest BCUT2D eigenvalue weighted by molar-refractivity contribution is 0.240. The van der Waals surface area contributed by atoms with E-state index in [2.05, 4.69) is 15.6 Å². The third kappa shape index (κ3) is 4.16. The zero-order chi connectivity index (χ0) is 16.1. The van der Waals surface area contributed by atoms with Crippen LogP contribution in [-0.4, -0.2) is 28.7 Å². The molecule has 2 amide bonds. The van der Waals surface area contributed by atoms with Crippen molar-refractivity contribution in [1.29, 1.82) is 0 Å². The quantitative estimate of drug-likeness (QED) is 0.797. The zero-order valence-corrected chi connectivity index (χ0v) is 13.5. The number of hydrogen-bond donors (Lipinski definition) is 2. The van der Waals surface area contributed by atoms with Crippen LogP contribution in [0.2, 0.25) is 5.02 Å². The van der Waals surface area contributed by atoms with Crippen LogP contribution in [0, 0.1) is 0 Å². The molecule has 1 aliphatic heterocycles. The lowest BCUT2D eigenvalue weighted by atomic mass is 10.1. The van der Waals surface area contributed by atoms with Crippen LogP contribution in [0.25, 0.3) is 0 Å². The second-order valence-electron chi connectivity index (χ2n) is 5.42. The number of fused-ring (bicyclic) bond motifs is 1. The highest BCUT2D eigenvalue weighted by Crippen LogP contribution is 2.32. The van der Waals surface area contributed by atoms with E-state index in [1.54, 1.807) is 12.5 Å². The van der Waals surface area contributed by atoms with Crippen LogP contribution in [0.15, 0.2) is 30.9 Å². The molecular formula is C16H19ClN4O2. The van der Waals surface area contributed by atoms with Gasteiger partial charge in [0.1, 0.15) is 5.75 Å². The highest BCUT2D eigenvalue weighted by molar-refractivity contribution is 6.30. The van der Waals surface area contributed by atoms with Crippen molar-refractivity contribution in [1.82, 2.24) is 20.2 Å². The highest BCUT2D eigenvalue weighted by Gasteiger charge is 2.17. The number of nitrogens with one attached hydrogen (secondary N) is 2. The first kappa shape index (κ1) is 15.7. The third-order valence-electron chi connectivity index (χ3n) is 3.70. The molecule has 1 aromatic carbocycles. The summed E-state index contributed by atoms with van der Waals surface area (Å²) in [5.41, 5.74) is 2.02. The van der Waals surface area contributed by atoms with Gasteiger partial charge in [0.05, 0.1) is 12.9 Å². The van der Waals surface area contributed by atoms with E-state index in [1.807, 2.05) is 22.9 Å². The Morgan fingerprint density at radius 2 is 2.30 bits per heavy atom. The van der Waals surface area contributed by atoms with Gasteiger partial charge in [0.2, 0.25) is 0 Å². The number of ether oxygens (including phenoxy) is 1. The van der Waals surface area contributed by atoms with Crippen molar-refractivity contribution in [3.05, 3.63) is 47.0 Å². The van der Waals surface area contributed by atoms with Crippen LogP contribution < -0.4 is 15.4 Å². The Morgan fingerprint density at radius 3 is 3.13 bits per heavy atom. The van der Waals surface area contributed by atoms with Gasteiger partial charge in [-0.15, -0.1) is 0 Å². The number of halogens is 1. The molecule has 3 rings (SSSR count). The van der Waals surface area contributed by atoms with Gasteiger partial charge < -0.3 is 19.9 Å². The van der Waals surface area contributed by atoms with Crippen molar-refractivity contribution < 1.29 is 9.53 Å². The highest BCUT2D eigenvalue weighted by atomic mass is 35.5. The molecular weight excluding hydrogens is 316 g/mol. The summed E-state index contributed by atoms with van der Waals surface area (Å²) < 4.78 is 7.60. The number of imidazole rings is 1. The molecule has 2 aromatic rings. The first-order valence-corrected chi connectivity index (χ1v) is 8.02. The van der Waals surface area contributed by atoms with Gasteiger partial charge >= 0.3 is 6.03 Å². The molecule has 0 bridgehead atoms. The maximum absolute atomic E-state index is 11.8. The Bertz CT molecular complexity index is 673. The maximum atomic E-state index is 11.8. The van der Waals surface area contributed by atoms with Gasteiger partial charge in [0.15, 0.2) is 0 Å². The molecule has 2 heterocycles. The van der Waals surface area contributed by atoms with E-state index in [0.29, 0.717) is 24.7 Å². The number of nitrogens with zero attached hydrogens (tertiary/aromatic N) is 2. The molecule has 2 N–H and O–H groups in total. The molecule has 1 aliphatic rings. The van der Waals surface area contributed by atoms with Crippen molar-refractivity contribution in [2.45, 2.75) is 25.9 Å². The summed E-state index contributed by atoms with van der Waals surface area (Å²) in [6.07, 6.45) is 7.12. The Morgan fingerprint density at radius 1 is 1.39 bits per heavy atom. The first-order chi connectivity index (χ1) is 11.2. The molecule has 0 atom stereocenters. The van der Waals surface area contributed by atoms with Gasteiger partial charge in [-0.25, -0.2) is 9.78 Å². The topological polar surface area (TPSA) is 68.2 Å². The van der Waals surface area contributed by atoms with Gasteiger partial charge in [-0.1, -0.05) is 11.6 Å². The second-order valence-corrected chi connectivity index (χ2v) is 5.85. The largest absolute Gasteiger partial charge is 0.493 e. The SMILES string of the molecule is O=C(NCCCn1ccnc1)NCc1cc(Cl)cc2c1OCC2. The molecule has 0 spiro atoms. The van der Waals surface area contributed by atoms with E-state index in [4.69, 9.17) is 16.3 Å². The number of urea groups is 1. The van der Waals surface area contributed by atoms with E-state index in [9.17, 15) is 4.79 Å². The molecule has 7 heteroatoms. The smallest absolute Gasteiger partial charge is 0.315 e. The van der Waals surface area contributed by atoms with E-state index in [0.717, 1.165) is 36.3 Å². The summed E-state index contributed by atoms with van der Waals surface area (Å²) >= 11 is 6.10. The number of hydrogen-bond acceptors (Lipinski definition) is 3. The summed E-state index contributed by atoms with van der Waals surface area (Å²) in [7, 11) is 0. The Hall–Kier alpha value is -2.21. The van der Waals surface area contributed by atoms with Crippen LogP contribution >= 0.6 is 11.6 Å². The number of benzene rings is 1. The van der Waals surface area contributed by atoms with Crippen LogP contribution in [0.5, 0.6) is 5.75 Å². The van der Waals surface area contributed by atoms with E-state index in [-0.39, 0.29) is 6.03 Å². The fourth-order valence-electron chi connectivity index (χ4n) is 2.60. The summed E-state index contributed by atoms with van der Waals surface area (Å²) in [6, 6.07) is 3.57. The standard InChI is InChI=1S/C16H19ClN4O2/c17-14-8-12-2-7-23-15(12)13(9-14)10-20-16(22)19-3-1-5-21-6-4-18-11-21/h4,6,8-9,11H,1-3,5,7,10H2,(H2,19,20,22). The average molecular weight is 335 g/mol. The number of aromatic nitrogens is 2. The number of aryl methyl sites for hydroxylation is 1. The third-order valence-corrected chi connectivity index (χ3v) is 3.92. The van der Waals surface area contributed by atoms with Gasteiger partial charge in [-0.2, -0.15) is 0 Å². The summed E-state index contributed by atoms with van der Waals surface area (Å²) in [4.78, 5) is 15.8. The molecule has 6 nitrogen and oxygen atoms in total. The molecule has 0 fully saturated rings. The van der Waals surface area contributed by atoms with Gasteiger partial charge in [0, 0.05) is 49.0 Å². The predicted molar refractivity (Wildman–Crippen MR) is 87.7 cm³/mol. The molecule has 0 saturated carbocycles. The van der Waals surface area contributed by atoms with Crippen LogP contribution in [0.3, 0.4) is 0 Å². The van der Waals surface area contributed by atoms with Crippen molar-refractivity contribution >= 4 is 17.6 Å². The maximum Gasteiger partial charge on any atom is 0.315 e. The monoisotopic (exact) mass is 334 g/mol. The van der Waals surface area contributed by atoms with Crippen LogP contribution in [0.1, 0.15) is 17.5 Å². The van der Waals surface area contributed by atoms with E-state index < -0.39 is 0 Å².